The molecule has 6 heteroatoms. The summed E-state index contributed by atoms with van der Waals surface area (Å²) in [5, 5.41) is 10.7. The van der Waals surface area contributed by atoms with Gasteiger partial charge in [0.2, 0.25) is 0 Å². The number of aromatic hydroxyl groups is 1. The third-order valence-corrected chi connectivity index (χ3v) is 8.50. The summed E-state index contributed by atoms with van der Waals surface area (Å²) in [5.74, 6) is 0.786. The maximum absolute atomic E-state index is 13.2. The molecule has 34 heavy (non-hydrogen) atoms. The van der Waals surface area contributed by atoms with Crippen molar-refractivity contribution in [2.45, 2.75) is 61.7 Å². The molecular weight excluding hydrogens is 450 g/mol. The molecule has 5 nitrogen and oxygen atoms in total. The van der Waals surface area contributed by atoms with E-state index in [9.17, 15) is 9.90 Å². The zero-order valence-corrected chi connectivity index (χ0v) is 20.2. The summed E-state index contributed by atoms with van der Waals surface area (Å²) in [7, 11) is 0. The standard InChI is InChI=1S/C28H31NO4.ClH/c1-2-15-29-16-14-27-24-20-10-11-21(30)25(24)33-26(27)22(31)12-13-28(27,23(29)18-20)32-17-6-9-19-7-4-3-5-8-19;/h2-5,7-8,10-11,23,26,30H,1,6,9,12-18H2;1H/t23-,26+,27+,28-;/m1./s1. The van der Waals surface area contributed by atoms with Crippen molar-refractivity contribution in [3.63, 3.8) is 0 Å². The monoisotopic (exact) mass is 481 g/mol. The van der Waals surface area contributed by atoms with Crippen molar-refractivity contribution in [3.8, 4) is 11.5 Å². The van der Waals surface area contributed by atoms with Crippen LogP contribution < -0.4 is 4.74 Å². The van der Waals surface area contributed by atoms with Gasteiger partial charge < -0.3 is 14.6 Å². The predicted molar refractivity (Wildman–Crippen MR) is 133 cm³/mol. The fraction of sp³-hybridized carbons (Fsp3) is 0.464. The summed E-state index contributed by atoms with van der Waals surface area (Å²) in [6.07, 6.45) is 6.06. The molecule has 2 aromatic carbocycles. The molecule has 0 radical (unpaired) electrons. The summed E-state index contributed by atoms with van der Waals surface area (Å²) in [6, 6.07) is 14.4. The van der Waals surface area contributed by atoms with E-state index in [1.165, 1.54) is 11.1 Å². The number of hydrogen-bond donors (Lipinski definition) is 1. The smallest absolute Gasteiger partial charge is 0.174 e. The number of Topliss-reactive ketones (excluding diaryl/α,β-unsaturated/α-hetero) is 1. The Hall–Kier alpha value is -2.34. The minimum atomic E-state index is -0.573. The topological polar surface area (TPSA) is 59.0 Å². The first-order chi connectivity index (χ1) is 16.1. The van der Waals surface area contributed by atoms with Crippen LogP contribution in [0.5, 0.6) is 11.5 Å². The van der Waals surface area contributed by atoms with Crippen LogP contribution in [0.15, 0.2) is 55.1 Å². The van der Waals surface area contributed by atoms with Gasteiger partial charge in [-0.2, -0.15) is 0 Å². The summed E-state index contributed by atoms with van der Waals surface area (Å²) in [4.78, 5) is 15.7. The van der Waals surface area contributed by atoms with Gasteiger partial charge in [-0.05, 0) is 49.3 Å². The van der Waals surface area contributed by atoms with Crippen LogP contribution in [0.4, 0.5) is 0 Å². The van der Waals surface area contributed by atoms with Crippen LogP contribution in [0.3, 0.4) is 0 Å². The highest BCUT2D eigenvalue weighted by Crippen LogP contribution is 2.66. The van der Waals surface area contributed by atoms with Gasteiger partial charge in [0.15, 0.2) is 23.4 Å². The number of aryl methyl sites for hydroxylation is 1. The van der Waals surface area contributed by atoms with Gasteiger partial charge in [0.05, 0.1) is 11.0 Å². The molecule has 0 unspecified atom stereocenters. The maximum Gasteiger partial charge on any atom is 0.174 e. The van der Waals surface area contributed by atoms with Crippen molar-refractivity contribution < 1.29 is 19.4 Å². The fourth-order valence-electron chi connectivity index (χ4n) is 7.24. The van der Waals surface area contributed by atoms with Gasteiger partial charge in [0.1, 0.15) is 0 Å². The molecule has 1 spiro atoms. The van der Waals surface area contributed by atoms with Gasteiger partial charge in [0, 0.05) is 37.7 Å². The van der Waals surface area contributed by atoms with Gasteiger partial charge in [-0.3, -0.25) is 9.69 Å². The number of halogens is 1. The highest BCUT2D eigenvalue weighted by Gasteiger charge is 2.74. The lowest BCUT2D eigenvalue weighted by Gasteiger charge is -2.64. The molecule has 0 aromatic heterocycles. The average Bonchev–Trinajstić information content (AvgIpc) is 3.19. The summed E-state index contributed by atoms with van der Waals surface area (Å²) < 4.78 is 13.3. The van der Waals surface area contributed by atoms with E-state index >= 15 is 0 Å². The maximum atomic E-state index is 13.2. The highest BCUT2D eigenvalue weighted by atomic mass is 35.5. The molecule has 4 atom stereocenters. The van der Waals surface area contributed by atoms with E-state index < -0.39 is 17.1 Å². The zero-order chi connectivity index (χ0) is 22.6. The summed E-state index contributed by atoms with van der Waals surface area (Å²) in [5.41, 5.74) is 2.50. The minimum absolute atomic E-state index is 0. The largest absolute Gasteiger partial charge is 0.504 e. The van der Waals surface area contributed by atoms with Crippen LogP contribution in [0.1, 0.15) is 42.4 Å². The Labute approximate surface area is 207 Å². The van der Waals surface area contributed by atoms with E-state index in [0.717, 1.165) is 44.3 Å². The molecule has 2 aliphatic carbocycles. The van der Waals surface area contributed by atoms with Crippen molar-refractivity contribution in [3.05, 3.63) is 71.8 Å². The second-order valence-corrected chi connectivity index (χ2v) is 9.96. The number of phenols is 1. The number of phenolic OH excluding ortho intramolecular Hbond substituents is 1. The lowest BCUT2D eigenvalue weighted by molar-refractivity contribution is -0.212. The summed E-state index contributed by atoms with van der Waals surface area (Å²) in [6.45, 7) is 6.30. The number of benzene rings is 2. The van der Waals surface area contributed by atoms with Crippen LogP contribution in [0.2, 0.25) is 0 Å². The number of hydrogen-bond acceptors (Lipinski definition) is 5. The Bertz CT molecular complexity index is 1110. The molecule has 6 rings (SSSR count). The van der Waals surface area contributed by atoms with E-state index in [4.69, 9.17) is 9.47 Å². The first-order valence-electron chi connectivity index (χ1n) is 12.2. The normalized spacial score (nSPS) is 30.8. The predicted octanol–water partition coefficient (Wildman–Crippen LogP) is 4.38. The second kappa shape index (κ2) is 8.71. The quantitative estimate of drug-likeness (QED) is 0.469. The van der Waals surface area contributed by atoms with Crippen LogP contribution in [-0.4, -0.2) is 53.2 Å². The van der Waals surface area contributed by atoms with Gasteiger partial charge >= 0.3 is 0 Å². The van der Waals surface area contributed by atoms with E-state index in [0.29, 0.717) is 25.2 Å². The van der Waals surface area contributed by atoms with E-state index in [1.807, 2.05) is 18.2 Å². The Balaban J connectivity index is 0.00000241. The van der Waals surface area contributed by atoms with E-state index in [2.05, 4.69) is 35.7 Å². The number of carbonyl (C=O) groups excluding carboxylic acids is 1. The number of ether oxygens (including phenoxy) is 2. The zero-order valence-electron chi connectivity index (χ0n) is 19.4. The Morgan fingerprint density at radius 1 is 1.21 bits per heavy atom. The Morgan fingerprint density at radius 2 is 2.03 bits per heavy atom. The number of piperidine rings is 1. The second-order valence-electron chi connectivity index (χ2n) is 9.96. The Morgan fingerprint density at radius 3 is 2.82 bits per heavy atom. The molecule has 2 heterocycles. The van der Waals surface area contributed by atoms with Crippen LogP contribution in [-0.2, 0) is 27.8 Å². The van der Waals surface area contributed by atoms with Gasteiger partial charge in [-0.1, -0.05) is 42.5 Å². The third kappa shape index (κ3) is 3.10. The summed E-state index contributed by atoms with van der Waals surface area (Å²) >= 11 is 0. The van der Waals surface area contributed by atoms with Crippen LogP contribution in [0.25, 0.3) is 0 Å². The molecule has 4 aliphatic rings. The molecule has 2 bridgehead atoms. The molecule has 180 valence electrons. The minimum Gasteiger partial charge on any atom is -0.504 e. The highest BCUT2D eigenvalue weighted by molar-refractivity contribution is 5.90. The molecule has 1 N–H and O–H groups in total. The Kier molecular flexibility index (Phi) is 5.99. The number of rotatable bonds is 7. The van der Waals surface area contributed by atoms with Crippen molar-refractivity contribution in [2.24, 2.45) is 0 Å². The average molecular weight is 482 g/mol. The van der Waals surface area contributed by atoms with Crippen molar-refractivity contribution >= 4 is 18.2 Å². The van der Waals surface area contributed by atoms with Crippen molar-refractivity contribution in [1.29, 1.82) is 0 Å². The molecule has 1 saturated carbocycles. The van der Waals surface area contributed by atoms with Gasteiger partial charge in [-0.25, -0.2) is 0 Å². The van der Waals surface area contributed by atoms with Gasteiger partial charge in [0.25, 0.3) is 0 Å². The van der Waals surface area contributed by atoms with E-state index in [1.54, 1.807) is 6.07 Å². The number of carbonyl (C=O) groups is 1. The molecule has 2 fully saturated rings. The third-order valence-electron chi connectivity index (χ3n) is 8.50. The van der Waals surface area contributed by atoms with Crippen LogP contribution >= 0.6 is 12.4 Å². The van der Waals surface area contributed by atoms with Gasteiger partial charge in [-0.15, -0.1) is 19.0 Å². The fourth-order valence-corrected chi connectivity index (χ4v) is 7.24. The van der Waals surface area contributed by atoms with Crippen molar-refractivity contribution in [2.75, 3.05) is 19.7 Å². The first-order valence-corrected chi connectivity index (χ1v) is 12.2. The molecular formula is C28H32ClNO4. The first kappa shape index (κ1) is 23.4. The lowest BCUT2D eigenvalue weighted by atomic mass is 9.48. The van der Waals surface area contributed by atoms with Crippen LogP contribution in [0, 0.1) is 0 Å². The molecule has 0 amide bonds. The number of nitrogens with zero attached hydrogens (tertiary/aromatic N) is 1. The molecule has 2 aromatic rings. The molecule has 1 saturated heterocycles. The number of likely N-dealkylation sites (tertiary alicyclic amines) is 1. The molecule has 2 aliphatic heterocycles. The SMILES string of the molecule is C=CCN1CC[C@]23c4c5ccc(O)c4O[C@H]2C(=O)CC[C@@]3(OCCCc2ccccc2)[C@H]1C5.Cl. The van der Waals surface area contributed by atoms with E-state index in [-0.39, 0.29) is 30.0 Å². The van der Waals surface area contributed by atoms with Crippen molar-refractivity contribution in [1.82, 2.24) is 4.90 Å². The lowest BCUT2D eigenvalue weighted by Crippen LogP contribution is -2.77. The number of ketones is 1.